The summed E-state index contributed by atoms with van der Waals surface area (Å²) in [6.07, 6.45) is 0. The maximum atomic E-state index is 13.3. The summed E-state index contributed by atoms with van der Waals surface area (Å²) in [4.78, 5) is 10.2. The highest BCUT2D eigenvalue weighted by Crippen LogP contribution is 2.26. The van der Waals surface area contributed by atoms with Gasteiger partial charge in [-0.05, 0) is 46.1 Å². The van der Waals surface area contributed by atoms with Gasteiger partial charge in [-0.1, -0.05) is 11.3 Å². The summed E-state index contributed by atoms with van der Waals surface area (Å²) in [6, 6.07) is 4.62. The van der Waals surface area contributed by atoms with E-state index >= 15 is 0 Å². The summed E-state index contributed by atoms with van der Waals surface area (Å²) in [5, 5.41) is 15.6. The van der Waals surface area contributed by atoms with Crippen LogP contribution in [0.4, 0.5) is 15.1 Å². The van der Waals surface area contributed by atoms with E-state index in [0.717, 1.165) is 28.2 Å². The van der Waals surface area contributed by atoms with E-state index in [-0.39, 0.29) is 10.8 Å². The highest BCUT2D eigenvalue weighted by molar-refractivity contribution is 9.10. The van der Waals surface area contributed by atoms with Crippen molar-refractivity contribution >= 4 is 38.0 Å². The lowest BCUT2D eigenvalue weighted by Crippen LogP contribution is -2.00. The molecule has 0 radical (unpaired) electrons. The molecule has 0 amide bonds. The highest BCUT2D eigenvalue weighted by atomic mass is 79.9. The fraction of sp³-hybridized carbons (Fsp3) is 0.167. The molecule has 0 spiro atoms. The summed E-state index contributed by atoms with van der Waals surface area (Å²) in [7, 11) is 0. The second-order valence-electron chi connectivity index (χ2n) is 3.99. The molecule has 0 unspecified atom stereocenters. The number of nitrogens with one attached hydrogen (secondary N) is 1. The summed E-state index contributed by atoms with van der Waals surface area (Å²) in [6.45, 7) is 2.26. The molecule has 2 rings (SSSR count). The number of halogens is 2. The lowest BCUT2D eigenvalue weighted by molar-refractivity contribution is -0.380. The Hall–Kier alpha value is -1.47. The molecule has 1 N–H and O–H groups in total. The van der Waals surface area contributed by atoms with E-state index in [2.05, 4.69) is 21.2 Å². The number of benzene rings is 1. The predicted molar refractivity (Wildman–Crippen MR) is 77.1 cm³/mol. The Kier molecular flexibility index (Phi) is 4.16. The van der Waals surface area contributed by atoms with Crippen LogP contribution in [0.15, 0.2) is 28.1 Å². The van der Waals surface area contributed by atoms with Crippen LogP contribution in [-0.4, -0.2) is 4.92 Å². The lowest BCUT2D eigenvalue weighted by Gasteiger charge is -2.09. The molecule has 1 aromatic carbocycles. The van der Waals surface area contributed by atoms with Gasteiger partial charge in [-0.2, -0.15) is 0 Å². The number of nitrogens with zero attached hydrogens (tertiary/aromatic N) is 1. The first-order valence-electron chi connectivity index (χ1n) is 5.38. The van der Waals surface area contributed by atoms with Gasteiger partial charge in [0.1, 0.15) is 5.82 Å². The Balaban J connectivity index is 2.09. The summed E-state index contributed by atoms with van der Waals surface area (Å²) >= 11 is 4.22. The van der Waals surface area contributed by atoms with Crippen molar-refractivity contribution in [2.24, 2.45) is 0 Å². The molecule has 0 bridgehead atoms. The van der Waals surface area contributed by atoms with Gasteiger partial charge in [0.05, 0.1) is 9.40 Å². The molecule has 0 aliphatic rings. The second kappa shape index (κ2) is 5.66. The van der Waals surface area contributed by atoms with E-state index in [1.54, 1.807) is 18.4 Å². The average Bonchev–Trinajstić information content (AvgIpc) is 2.81. The predicted octanol–water partition coefficient (Wildman–Crippen LogP) is 4.48. The van der Waals surface area contributed by atoms with Gasteiger partial charge < -0.3 is 5.32 Å². The van der Waals surface area contributed by atoms with Gasteiger partial charge in [-0.15, -0.1) is 0 Å². The Labute approximate surface area is 121 Å². The zero-order valence-corrected chi connectivity index (χ0v) is 12.3. The third-order valence-corrected chi connectivity index (χ3v) is 4.11. The molecule has 0 atom stereocenters. The van der Waals surface area contributed by atoms with Crippen LogP contribution in [0.3, 0.4) is 0 Å². The number of rotatable bonds is 4. The molecule has 19 heavy (non-hydrogen) atoms. The highest BCUT2D eigenvalue weighted by Gasteiger charge is 2.10. The minimum atomic E-state index is -0.409. The molecule has 1 heterocycles. The second-order valence-corrected chi connectivity index (χ2v) is 5.73. The lowest BCUT2D eigenvalue weighted by atomic mass is 10.2. The first-order valence-corrected chi connectivity index (χ1v) is 7.06. The van der Waals surface area contributed by atoms with E-state index in [1.807, 2.05) is 0 Å². The Bertz CT molecular complexity index is 630. The van der Waals surface area contributed by atoms with Crippen LogP contribution in [0, 0.1) is 22.9 Å². The monoisotopic (exact) mass is 344 g/mol. The van der Waals surface area contributed by atoms with Gasteiger partial charge >= 0.3 is 5.00 Å². The molecule has 0 saturated heterocycles. The molecular formula is C12H10BrFN2O2S. The standard InChI is InChI=1S/C12H10BrFN2O2S/c1-7-2-10(14)9(13)4-11(7)15-5-8-3-12(16(17)18)19-6-8/h2-4,6,15H,5H2,1H3. The Morgan fingerprint density at radius 3 is 2.84 bits per heavy atom. The largest absolute Gasteiger partial charge is 0.381 e. The third-order valence-electron chi connectivity index (χ3n) is 2.57. The molecule has 1 aromatic heterocycles. The normalized spacial score (nSPS) is 10.5. The van der Waals surface area contributed by atoms with Crippen molar-refractivity contribution in [1.82, 2.24) is 0 Å². The number of hydrogen-bond donors (Lipinski definition) is 1. The number of aryl methyl sites for hydroxylation is 1. The molecule has 2 aromatic rings. The van der Waals surface area contributed by atoms with Gasteiger partial charge in [0, 0.05) is 23.7 Å². The fourth-order valence-electron chi connectivity index (χ4n) is 1.59. The molecule has 4 nitrogen and oxygen atoms in total. The SMILES string of the molecule is Cc1cc(F)c(Br)cc1NCc1csc([N+](=O)[O-])c1. The van der Waals surface area contributed by atoms with Crippen molar-refractivity contribution < 1.29 is 9.31 Å². The van der Waals surface area contributed by atoms with Crippen LogP contribution < -0.4 is 5.32 Å². The van der Waals surface area contributed by atoms with Crippen LogP contribution >= 0.6 is 27.3 Å². The van der Waals surface area contributed by atoms with Gasteiger partial charge in [0.2, 0.25) is 0 Å². The molecule has 0 saturated carbocycles. The van der Waals surface area contributed by atoms with Crippen molar-refractivity contribution in [2.45, 2.75) is 13.5 Å². The Morgan fingerprint density at radius 2 is 2.21 bits per heavy atom. The Morgan fingerprint density at radius 1 is 1.47 bits per heavy atom. The van der Waals surface area contributed by atoms with Crippen LogP contribution in [0.2, 0.25) is 0 Å². The minimum Gasteiger partial charge on any atom is -0.381 e. The van der Waals surface area contributed by atoms with Gasteiger partial charge in [-0.3, -0.25) is 10.1 Å². The molecule has 0 fully saturated rings. The third kappa shape index (κ3) is 3.30. The topological polar surface area (TPSA) is 55.2 Å². The number of anilines is 1. The van der Waals surface area contributed by atoms with Crippen molar-refractivity contribution in [1.29, 1.82) is 0 Å². The van der Waals surface area contributed by atoms with E-state index in [0.29, 0.717) is 11.0 Å². The maximum absolute atomic E-state index is 13.3. The summed E-state index contributed by atoms with van der Waals surface area (Å²) in [5.74, 6) is -0.311. The first kappa shape index (κ1) is 14.0. The quantitative estimate of drug-likeness (QED) is 0.657. The van der Waals surface area contributed by atoms with Crippen molar-refractivity contribution in [2.75, 3.05) is 5.32 Å². The van der Waals surface area contributed by atoms with E-state index < -0.39 is 4.92 Å². The zero-order valence-electron chi connectivity index (χ0n) is 9.94. The van der Waals surface area contributed by atoms with Crippen LogP contribution in [-0.2, 0) is 6.54 Å². The average molecular weight is 345 g/mol. The van der Waals surface area contributed by atoms with E-state index in [4.69, 9.17) is 0 Å². The maximum Gasteiger partial charge on any atom is 0.324 e. The molecule has 100 valence electrons. The fourth-order valence-corrected chi connectivity index (χ4v) is 2.66. The van der Waals surface area contributed by atoms with Crippen molar-refractivity contribution in [3.8, 4) is 0 Å². The van der Waals surface area contributed by atoms with Crippen LogP contribution in [0.1, 0.15) is 11.1 Å². The van der Waals surface area contributed by atoms with Gasteiger partial charge in [-0.25, -0.2) is 4.39 Å². The van der Waals surface area contributed by atoms with E-state index in [1.165, 1.54) is 12.1 Å². The molecule has 0 aliphatic carbocycles. The number of thiophene rings is 1. The summed E-state index contributed by atoms with van der Waals surface area (Å²) in [5.41, 5.74) is 2.41. The van der Waals surface area contributed by atoms with Crippen LogP contribution in [0.25, 0.3) is 0 Å². The van der Waals surface area contributed by atoms with Gasteiger partial charge in [0.25, 0.3) is 0 Å². The number of nitro groups is 1. The smallest absolute Gasteiger partial charge is 0.324 e. The van der Waals surface area contributed by atoms with Crippen molar-refractivity contribution in [3.05, 3.63) is 55.1 Å². The first-order chi connectivity index (χ1) is 8.97. The van der Waals surface area contributed by atoms with Crippen molar-refractivity contribution in [3.63, 3.8) is 0 Å². The van der Waals surface area contributed by atoms with Crippen LogP contribution in [0.5, 0.6) is 0 Å². The van der Waals surface area contributed by atoms with E-state index in [9.17, 15) is 14.5 Å². The number of hydrogen-bond acceptors (Lipinski definition) is 4. The minimum absolute atomic E-state index is 0.119. The molecule has 0 aliphatic heterocycles. The molecule has 7 heteroatoms. The van der Waals surface area contributed by atoms with Gasteiger partial charge in [0.15, 0.2) is 0 Å². The zero-order chi connectivity index (χ0) is 14.0. The molecular weight excluding hydrogens is 335 g/mol. The summed E-state index contributed by atoms with van der Waals surface area (Å²) < 4.78 is 13.7.